The van der Waals surface area contributed by atoms with Crippen LogP contribution < -0.4 is 10.1 Å². The van der Waals surface area contributed by atoms with Gasteiger partial charge >= 0.3 is 0 Å². The molecule has 128 valence electrons. The highest BCUT2D eigenvalue weighted by Crippen LogP contribution is 2.30. The lowest BCUT2D eigenvalue weighted by atomic mass is 10.0. The van der Waals surface area contributed by atoms with E-state index in [2.05, 4.69) is 15.5 Å². The number of methoxy groups -OCH3 is 1. The van der Waals surface area contributed by atoms with Gasteiger partial charge in [0.15, 0.2) is 5.82 Å². The van der Waals surface area contributed by atoms with Crippen LogP contribution in [-0.2, 0) is 4.79 Å². The third-order valence-electron chi connectivity index (χ3n) is 4.51. The second-order valence-electron chi connectivity index (χ2n) is 6.27. The van der Waals surface area contributed by atoms with Crippen molar-refractivity contribution >= 4 is 5.91 Å². The molecule has 2 aromatic rings. The fraction of sp³-hybridized carbons (Fsp3) is 0.500. The highest BCUT2D eigenvalue weighted by molar-refractivity contribution is 5.77. The van der Waals surface area contributed by atoms with Crippen molar-refractivity contribution in [1.29, 1.82) is 0 Å². The van der Waals surface area contributed by atoms with Crippen LogP contribution in [0, 0.1) is 12.8 Å². The number of carbonyl (C=O) groups excluding carboxylic acids is 1. The number of ether oxygens (including phenoxy) is 1. The second kappa shape index (κ2) is 7.47. The fourth-order valence-corrected chi connectivity index (χ4v) is 3.32. The van der Waals surface area contributed by atoms with Gasteiger partial charge in [-0.1, -0.05) is 36.2 Å². The van der Waals surface area contributed by atoms with Gasteiger partial charge in [0.05, 0.1) is 7.11 Å². The van der Waals surface area contributed by atoms with Crippen LogP contribution in [0.25, 0.3) is 0 Å². The number of aromatic nitrogens is 2. The van der Waals surface area contributed by atoms with E-state index in [-0.39, 0.29) is 5.91 Å². The molecule has 1 aromatic heterocycles. The number of rotatable bonds is 6. The predicted molar refractivity (Wildman–Crippen MR) is 88.6 cm³/mol. The summed E-state index contributed by atoms with van der Waals surface area (Å²) in [4.78, 5) is 16.8. The van der Waals surface area contributed by atoms with E-state index in [1.165, 1.54) is 12.8 Å². The molecule has 0 aliphatic heterocycles. The van der Waals surface area contributed by atoms with Crippen molar-refractivity contribution in [3.8, 4) is 5.75 Å². The first-order chi connectivity index (χ1) is 11.7. The van der Waals surface area contributed by atoms with E-state index in [9.17, 15) is 4.79 Å². The van der Waals surface area contributed by atoms with Crippen molar-refractivity contribution in [2.45, 2.75) is 45.1 Å². The Morgan fingerprint density at radius 1 is 1.38 bits per heavy atom. The molecule has 1 atom stereocenters. The number of nitrogens with zero attached hydrogens (tertiary/aromatic N) is 2. The molecule has 1 unspecified atom stereocenters. The summed E-state index contributed by atoms with van der Waals surface area (Å²) in [6, 6.07) is 7.08. The molecular weight excluding hydrogens is 306 g/mol. The molecule has 0 spiro atoms. The quantitative estimate of drug-likeness (QED) is 0.881. The van der Waals surface area contributed by atoms with E-state index in [1.807, 2.05) is 24.3 Å². The number of benzene rings is 1. The molecule has 0 bridgehead atoms. The molecule has 24 heavy (non-hydrogen) atoms. The SMILES string of the molecule is COc1ccccc1C(NC(=O)CC1CCCC1)c1noc(C)n1. The summed E-state index contributed by atoms with van der Waals surface area (Å²) >= 11 is 0. The van der Waals surface area contributed by atoms with Gasteiger partial charge in [-0.3, -0.25) is 4.79 Å². The van der Waals surface area contributed by atoms with Crippen LogP contribution in [0.4, 0.5) is 0 Å². The summed E-state index contributed by atoms with van der Waals surface area (Å²) in [7, 11) is 1.61. The third-order valence-corrected chi connectivity index (χ3v) is 4.51. The zero-order chi connectivity index (χ0) is 16.9. The van der Waals surface area contributed by atoms with Gasteiger partial charge in [-0.15, -0.1) is 0 Å². The number of hydrogen-bond acceptors (Lipinski definition) is 5. The first kappa shape index (κ1) is 16.5. The Bertz CT molecular complexity index is 692. The number of hydrogen-bond donors (Lipinski definition) is 1. The molecule has 6 nitrogen and oxygen atoms in total. The molecule has 1 fully saturated rings. The lowest BCUT2D eigenvalue weighted by Crippen LogP contribution is -2.31. The van der Waals surface area contributed by atoms with E-state index in [4.69, 9.17) is 9.26 Å². The summed E-state index contributed by atoms with van der Waals surface area (Å²) < 4.78 is 10.5. The Hall–Kier alpha value is -2.37. The molecule has 1 amide bonds. The Morgan fingerprint density at radius 2 is 2.12 bits per heavy atom. The predicted octanol–water partition coefficient (Wildman–Crippen LogP) is 3.17. The number of nitrogens with one attached hydrogen (secondary N) is 1. The minimum Gasteiger partial charge on any atom is -0.496 e. The average Bonchev–Trinajstić information content (AvgIpc) is 3.24. The normalized spacial score (nSPS) is 16.1. The topological polar surface area (TPSA) is 77.2 Å². The molecule has 0 radical (unpaired) electrons. The molecular formula is C18H23N3O3. The van der Waals surface area contributed by atoms with Crippen molar-refractivity contribution in [3.05, 3.63) is 41.5 Å². The Balaban J connectivity index is 1.83. The van der Waals surface area contributed by atoms with Crippen LogP contribution in [0.1, 0.15) is 55.4 Å². The first-order valence-electron chi connectivity index (χ1n) is 8.40. The van der Waals surface area contributed by atoms with Crippen molar-refractivity contribution in [2.24, 2.45) is 5.92 Å². The van der Waals surface area contributed by atoms with Gasteiger partial charge in [0.1, 0.15) is 11.8 Å². The molecule has 0 saturated heterocycles. The van der Waals surface area contributed by atoms with E-state index in [0.29, 0.717) is 29.8 Å². The molecule has 1 aromatic carbocycles. The molecule has 1 heterocycles. The minimum absolute atomic E-state index is 0.0141. The molecule has 6 heteroatoms. The average molecular weight is 329 g/mol. The van der Waals surface area contributed by atoms with Crippen LogP contribution in [-0.4, -0.2) is 23.2 Å². The number of aryl methyl sites for hydroxylation is 1. The molecule has 1 aliphatic carbocycles. The van der Waals surface area contributed by atoms with Gasteiger partial charge in [-0.25, -0.2) is 0 Å². The van der Waals surface area contributed by atoms with Gasteiger partial charge in [-0.05, 0) is 24.8 Å². The molecule has 1 N–H and O–H groups in total. The van der Waals surface area contributed by atoms with Crippen molar-refractivity contribution in [3.63, 3.8) is 0 Å². The van der Waals surface area contributed by atoms with Crippen LogP contribution >= 0.6 is 0 Å². The second-order valence-corrected chi connectivity index (χ2v) is 6.27. The summed E-state index contributed by atoms with van der Waals surface area (Å²) in [5, 5.41) is 7.06. The van der Waals surface area contributed by atoms with Crippen LogP contribution in [0.5, 0.6) is 5.75 Å². The summed E-state index contributed by atoms with van der Waals surface area (Å²) in [5.74, 6) is 2.09. The maximum Gasteiger partial charge on any atom is 0.223 e. The fourth-order valence-electron chi connectivity index (χ4n) is 3.32. The van der Waals surface area contributed by atoms with Gasteiger partial charge in [0, 0.05) is 18.9 Å². The van der Waals surface area contributed by atoms with Crippen LogP contribution in [0.15, 0.2) is 28.8 Å². The third kappa shape index (κ3) is 3.75. The Kier molecular flexibility index (Phi) is 5.13. The van der Waals surface area contributed by atoms with Gasteiger partial charge in [-0.2, -0.15) is 4.98 Å². The summed E-state index contributed by atoms with van der Waals surface area (Å²) in [6.45, 7) is 1.73. The van der Waals surface area contributed by atoms with Crippen molar-refractivity contribution in [1.82, 2.24) is 15.5 Å². The minimum atomic E-state index is -0.479. The highest BCUT2D eigenvalue weighted by atomic mass is 16.5. The standard InChI is InChI=1S/C18H23N3O3/c1-12-19-18(21-24-12)17(14-9-5-6-10-15(14)23-2)20-16(22)11-13-7-3-4-8-13/h5-6,9-10,13,17H,3-4,7-8,11H2,1-2H3,(H,20,22). The number of carbonyl (C=O) groups is 1. The molecule has 1 aliphatic rings. The van der Waals surface area contributed by atoms with Crippen molar-refractivity contribution < 1.29 is 14.1 Å². The maximum absolute atomic E-state index is 12.5. The van der Waals surface area contributed by atoms with Gasteiger partial charge in [0.25, 0.3) is 0 Å². The molecule has 1 saturated carbocycles. The zero-order valence-electron chi connectivity index (χ0n) is 14.1. The molecule has 3 rings (SSSR count). The largest absolute Gasteiger partial charge is 0.496 e. The monoisotopic (exact) mass is 329 g/mol. The van der Waals surface area contributed by atoms with Crippen LogP contribution in [0.3, 0.4) is 0 Å². The Morgan fingerprint density at radius 3 is 2.79 bits per heavy atom. The summed E-state index contributed by atoms with van der Waals surface area (Å²) in [6.07, 6.45) is 5.25. The van der Waals surface area contributed by atoms with Gasteiger partial charge < -0.3 is 14.6 Å². The van der Waals surface area contributed by atoms with E-state index < -0.39 is 6.04 Å². The Labute approximate surface area is 141 Å². The van der Waals surface area contributed by atoms with Crippen LogP contribution in [0.2, 0.25) is 0 Å². The summed E-state index contributed by atoms with van der Waals surface area (Å²) in [5.41, 5.74) is 0.820. The van der Waals surface area contributed by atoms with Crippen molar-refractivity contribution in [2.75, 3.05) is 7.11 Å². The number of para-hydroxylation sites is 1. The smallest absolute Gasteiger partial charge is 0.223 e. The van der Waals surface area contributed by atoms with E-state index in [0.717, 1.165) is 18.4 Å². The van der Waals surface area contributed by atoms with E-state index >= 15 is 0 Å². The maximum atomic E-state index is 12.5. The zero-order valence-corrected chi connectivity index (χ0v) is 14.1. The van der Waals surface area contributed by atoms with Gasteiger partial charge in [0.2, 0.25) is 11.8 Å². The highest BCUT2D eigenvalue weighted by Gasteiger charge is 2.26. The number of amides is 1. The lowest BCUT2D eigenvalue weighted by Gasteiger charge is -2.19. The lowest BCUT2D eigenvalue weighted by molar-refractivity contribution is -0.122. The van der Waals surface area contributed by atoms with E-state index in [1.54, 1.807) is 14.0 Å². The first-order valence-corrected chi connectivity index (χ1v) is 8.40.